The minimum absolute atomic E-state index is 0. The molecule has 2 aromatic carbocycles. The molecule has 0 fully saturated rings. The maximum Gasteiger partial charge on any atom is 0.0971 e. The van der Waals surface area contributed by atoms with E-state index in [2.05, 4.69) is 46.5 Å². The fraction of sp³-hybridized carbons (Fsp3) is 0.333. The molecule has 0 saturated heterocycles. The highest BCUT2D eigenvalue weighted by Crippen LogP contribution is 2.34. The SMILES string of the molecule is CN(Cc1cn(-c2ccccc2CN)nn1)C1CCCc2ccccc21.Cl.Cl.Cl.Cl. The van der Waals surface area contributed by atoms with Crippen LogP contribution in [0.25, 0.3) is 5.69 Å². The highest BCUT2D eigenvalue weighted by Gasteiger charge is 2.24. The van der Waals surface area contributed by atoms with Crippen molar-refractivity contribution < 1.29 is 0 Å². The Morgan fingerprint density at radius 3 is 2.50 bits per heavy atom. The van der Waals surface area contributed by atoms with Crippen molar-refractivity contribution in [2.45, 2.75) is 38.4 Å². The molecule has 3 aromatic rings. The highest BCUT2D eigenvalue weighted by atomic mass is 35.5. The summed E-state index contributed by atoms with van der Waals surface area (Å²) in [5, 5.41) is 8.71. The molecular formula is C21H29Cl4N5. The van der Waals surface area contributed by atoms with Crippen LogP contribution in [0.1, 0.15) is 41.3 Å². The topological polar surface area (TPSA) is 60.0 Å². The van der Waals surface area contributed by atoms with Crippen LogP contribution < -0.4 is 5.73 Å². The summed E-state index contributed by atoms with van der Waals surface area (Å²) in [4.78, 5) is 2.39. The number of hydrogen-bond acceptors (Lipinski definition) is 4. The van der Waals surface area contributed by atoms with E-state index in [1.807, 2.05) is 35.1 Å². The van der Waals surface area contributed by atoms with Crippen LogP contribution in [0.4, 0.5) is 0 Å². The predicted octanol–water partition coefficient (Wildman–Crippen LogP) is 4.92. The van der Waals surface area contributed by atoms with Gasteiger partial charge in [0.2, 0.25) is 0 Å². The second-order valence-corrected chi connectivity index (χ2v) is 7.01. The molecule has 2 N–H and O–H groups in total. The molecule has 1 unspecified atom stereocenters. The van der Waals surface area contributed by atoms with Crippen LogP contribution in [-0.4, -0.2) is 26.9 Å². The highest BCUT2D eigenvalue weighted by molar-refractivity contribution is 5.86. The first kappa shape index (κ1) is 28.7. The van der Waals surface area contributed by atoms with E-state index < -0.39 is 0 Å². The van der Waals surface area contributed by atoms with Crippen LogP contribution in [0.3, 0.4) is 0 Å². The quantitative estimate of drug-likeness (QED) is 0.548. The van der Waals surface area contributed by atoms with Crippen LogP contribution >= 0.6 is 49.6 Å². The number of halogens is 4. The van der Waals surface area contributed by atoms with Crippen molar-refractivity contribution in [2.24, 2.45) is 5.73 Å². The van der Waals surface area contributed by atoms with Gasteiger partial charge in [-0.3, -0.25) is 4.90 Å². The van der Waals surface area contributed by atoms with E-state index in [0.717, 1.165) is 23.5 Å². The monoisotopic (exact) mass is 491 g/mol. The van der Waals surface area contributed by atoms with Gasteiger partial charge < -0.3 is 5.73 Å². The lowest BCUT2D eigenvalue weighted by Crippen LogP contribution is -2.27. The van der Waals surface area contributed by atoms with Gasteiger partial charge in [0.05, 0.1) is 17.6 Å². The molecule has 0 radical (unpaired) electrons. The molecule has 1 aliphatic rings. The lowest BCUT2D eigenvalue weighted by atomic mass is 9.87. The normalized spacial score (nSPS) is 14.4. The number of aryl methyl sites for hydroxylation is 1. The van der Waals surface area contributed by atoms with Crippen molar-refractivity contribution in [1.29, 1.82) is 0 Å². The average molecular weight is 493 g/mol. The first-order valence-electron chi connectivity index (χ1n) is 9.24. The van der Waals surface area contributed by atoms with Gasteiger partial charge in [0.1, 0.15) is 0 Å². The van der Waals surface area contributed by atoms with Gasteiger partial charge in [-0.2, -0.15) is 0 Å². The number of benzene rings is 2. The number of nitrogens with zero attached hydrogens (tertiary/aromatic N) is 4. The third kappa shape index (κ3) is 6.10. The van der Waals surface area contributed by atoms with Gasteiger partial charge in [-0.05, 0) is 49.1 Å². The van der Waals surface area contributed by atoms with Crippen LogP contribution in [-0.2, 0) is 19.5 Å². The standard InChI is InChI=1S/C21H25N5.4ClH/c1-25(21-12-6-9-16-7-2-4-10-19(16)21)14-18-15-26(24-23-18)20-11-5-3-8-17(20)13-22;;;;/h2-5,7-8,10-11,15,21H,6,9,12-14,22H2,1H3;4*1H. The molecule has 0 saturated carbocycles. The molecule has 4 rings (SSSR count). The van der Waals surface area contributed by atoms with E-state index in [4.69, 9.17) is 5.73 Å². The molecule has 0 amide bonds. The van der Waals surface area contributed by atoms with Crippen molar-refractivity contribution in [3.8, 4) is 5.69 Å². The van der Waals surface area contributed by atoms with Gasteiger partial charge in [0, 0.05) is 19.1 Å². The van der Waals surface area contributed by atoms with E-state index >= 15 is 0 Å². The Bertz CT molecular complexity index is 902. The predicted molar refractivity (Wildman–Crippen MR) is 132 cm³/mol. The summed E-state index contributed by atoms with van der Waals surface area (Å²) >= 11 is 0. The van der Waals surface area contributed by atoms with Crippen LogP contribution in [0.5, 0.6) is 0 Å². The Morgan fingerprint density at radius 2 is 1.73 bits per heavy atom. The van der Waals surface area contributed by atoms with Crippen molar-refractivity contribution in [2.75, 3.05) is 7.05 Å². The molecular weight excluding hydrogens is 464 g/mol. The minimum Gasteiger partial charge on any atom is -0.326 e. The summed E-state index contributed by atoms with van der Waals surface area (Å²) in [5.74, 6) is 0. The smallest absolute Gasteiger partial charge is 0.0971 e. The van der Waals surface area contributed by atoms with Crippen LogP contribution in [0, 0.1) is 0 Å². The molecule has 30 heavy (non-hydrogen) atoms. The molecule has 9 heteroatoms. The van der Waals surface area contributed by atoms with Gasteiger partial charge in [0.15, 0.2) is 0 Å². The summed E-state index contributed by atoms with van der Waals surface area (Å²) in [7, 11) is 2.18. The maximum atomic E-state index is 5.85. The zero-order valence-corrected chi connectivity index (χ0v) is 20.1. The number of para-hydroxylation sites is 1. The van der Waals surface area contributed by atoms with Gasteiger partial charge in [-0.1, -0.05) is 47.7 Å². The van der Waals surface area contributed by atoms with Gasteiger partial charge in [0.25, 0.3) is 0 Å². The molecule has 1 atom stereocenters. The van der Waals surface area contributed by atoms with Gasteiger partial charge >= 0.3 is 0 Å². The minimum atomic E-state index is 0. The molecule has 1 heterocycles. The number of hydrogen-bond donors (Lipinski definition) is 1. The fourth-order valence-electron chi connectivity index (χ4n) is 3.95. The molecule has 1 aliphatic carbocycles. The third-order valence-corrected chi connectivity index (χ3v) is 5.28. The second kappa shape index (κ2) is 13.2. The average Bonchev–Trinajstić information content (AvgIpc) is 3.15. The molecule has 1 aromatic heterocycles. The molecule has 166 valence electrons. The number of aromatic nitrogens is 3. The number of rotatable bonds is 5. The lowest BCUT2D eigenvalue weighted by molar-refractivity contribution is 0.211. The van der Waals surface area contributed by atoms with Crippen LogP contribution in [0.2, 0.25) is 0 Å². The van der Waals surface area contributed by atoms with Gasteiger partial charge in [-0.25, -0.2) is 4.68 Å². The lowest BCUT2D eigenvalue weighted by Gasteiger charge is -2.32. The Balaban J connectivity index is 0.00000210. The third-order valence-electron chi connectivity index (χ3n) is 5.28. The summed E-state index contributed by atoms with van der Waals surface area (Å²) < 4.78 is 1.83. The summed E-state index contributed by atoms with van der Waals surface area (Å²) in [6.45, 7) is 1.27. The van der Waals surface area contributed by atoms with E-state index in [9.17, 15) is 0 Å². The van der Waals surface area contributed by atoms with E-state index in [0.29, 0.717) is 12.6 Å². The van der Waals surface area contributed by atoms with E-state index in [1.54, 1.807) is 0 Å². The summed E-state index contributed by atoms with van der Waals surface area (Å²) in [6.07, 6.45) is 5.63. The molecule has 0 spiro atoms. The fourth-order valence-corrected chi connectivity index (χ4v) is 3.95. The van der Waals surface area contributed by atoms with Crippen molar-refractivity contribution >= 4 is 49.6 Å². The molecule has 0 bridgehead atoms. The summed E-state index contributed by atoms with van der Waals surface area (Å²) in [6, 6.07) is 17.3. The largest absolute Gasteiger partial charge is 0.326 e. The Hall–Kier alpha value is -1.34. The number of fused-ring (bicyclic) bond motifs is 1. The zero-order chi connectivity index (χ0) is 17.9. The van der Waals surface area contributed by atoms with Crippen LogP contribution in [0.15, 0.2) is 54.7 Å². The number of nitrogens with two attached hydrogens (primary N) is 1. The Kier molecular flexibility index (Phi) is 12.6. The summed E-state index contributed by atoms with van der Waals surface area (Å²) in [5.41, 5.74) is 11.8. The van der Waals surface area contributed by atoms with Gasteiger partial charge in [-0.15, -0.1) is 54.7 Å². The zero-order valence-electron chi connectivity index (χ0n) is 16.8. The van der Waals surface area contributed by atoms with Crippen molar-refractivity contribution in [3.63, 3.8) is 0 Å². The first-order chi connectivity index (χ1) is 12.8. The second-order valence-electron chi connectivity index (χ2n) is 7.01. The molecule has 0 aliphatic heterocycles. The maximum absolute atomic E-state index is 5.85. The first-order valence-corrected chi connectivity index (χ1v) is 9.24. The van der Waals surface area contributed by atoms with E-state index in [-0.39, 0.29) is 49.6 Å². The van der Waals surface area contributed by atoms with E-state index in [1.165, 1.54) is 30.4 Å². The Labute approximate surface area is 203 Å². The van der Waals surface area contributed by atoms with Crippen molar-refractivity contribution in [1.82, 2.24) is 19.9 Å². The molecule has 5 nitrogen and oxygen atoms in total. The Morgan fingerprint density at radius 1 is 1.03 bits per heavy atom. The van der Waals surface area contributed by atoms with Crippen molar-refractivity contribution in [3.05, 3.63) is 77.1 Å².